The molecule has 0 spiro atoms. The Bertz CT molecular complexity index is 845. The summed E-state index contributed by atoms with van der Waals surface area (Å²) in [5.74, 6) is -0.225. The van der Waals surface area contributed by atoms with Gasteiger partial charge in [-0.1, -0.05) is 36.4 Å². The van der Waals surface area contributed by atoms with Gasteiger partial charge in [0.1, 0.15) is 0 Å². The summed E-state index contributed by atoms with van der Waals surface area (Å²) in [5, 5.41) is 2.92. The molecular formula is C21H22N2O3. The van der Waals surface area contributed by atoms with Crippen LogP contribution in [0.15, 0.2) is 54.7 Å². The van der Waals surface area contributed by atoms with Gasteiger partial charge >= 0.3 is 0 Å². The summed E-state index contributed by atoms with van der Waals surface area (Å²) >= 11 is 0. The first kappa shape index (κ1) is 17.9. The molecule has 2 aromatic carbocycles. The Kier molecular flexibility index (Phi) is 5.49. The molecule has 3 rings (SSSR count). The number of fused-ring (bicyclic) bond motifs is 1. The lowest BCUT2D eigenvalue weighted by atomic mass is 9.93. The summed E-state index contributed by atoms with van der Waals surface area (Å²) in [6, 6.07) is 15.1. The first-order chi connectivity index (χ1) is 12.6. The molecular weight excluding hydrogens is 328 g/mol. The van der Waals surface area contributed by atoms with E-state index in [1.165, 1.54) is 6.92 Å². The number of nitrogens with one attached hydrogen (secondary N) is 1. The van der Waals surface area contributed by atoms with Gasteiger partial charge in [0.2, 0.25) is 11.8 Å². The second-order valence-electron chi connectivity index (χ2n) is 6.27. The maximum atomic E-state index is 12.6. The lowest BCUT2D eigenvalue weighted by Crippen LogP contribution is -2.33. The van der Waals surface area contributed by atoms with Crippen molar-refractivity contribution in [3.63, 3.8) is 0 Å². The summed E-state index contributed by atoms with van der Waals surface area (Å²) in [6.07, 6.45) is 3.84. The van der Waals surface area contributed by atoms with Crippen molar-refractivity contribution in [2.45, 2.75) is 26.0 Å². The van der Waals surface area contributed by atoms with Gasteiger partial charge in [-0.05, 0) is 34.9 Å². The fraction of sp³-hybridized carbons (Fsp3) is 0.238. The minimum absolute atomic E-state index is 0.0874. The average Bonchev–Trinajstić information content (AvgIpc) is 2.62. The van der Waals surface area contributed by atoms with Gasteiger partial charge in [0.05, 0.1) is 19.1 Å². The van der Waals surface area contributed by atoms with Crippen LogP contribution in [0.5, 0.6) is 0 Å². The Morgan fingerprint density at radius 3 is 2.73 bits per heavy atom. The van der Waals surface area contributed by atoms with Crippen molar-refractivity contribution in [2.24, 2.45) is 0 Å². The van der Waals surface area contributed by atoms with Crippen LogP contribution in [0.4, 0.5) is 5.69 Å². The van der Waals surface area contributed by atoms with Gasteiger partial charge < -0.3 is 15.0 Å². The van der Waals surface area contributed by atoms with Gasteiger partial charge in [-0.15, -0.1) is 0 Å². The van der Waals surface area contributed by atoms with E-state index in [1.54, 1.807) is 18.2 Å². The zero-order valence-corrected chi connectivity index (χ0v) is 14.9. The fourth-order valence-electron chi connectivity index (χ4n) is 3.21. The summed E-state index contributed by atoms with van der Waals surface area (Å²) < 4.78 is 5.12. The lowest BCUT2D eigenvalue weighted by molar-refractivity contribution is -0.129. The topological polar surface area (TPSA) is 58.6 Å². The van der Waals surface area contributed by atoms with Crippen molar-refractivity contribution in [3.8, 4) is 0 Å². The molecule has 1 N–H and O–H groups in total. The zero-order valence-electron chi connectivity index (χ0n) is 14.9. The van der Waals surface area contributed by atoms with E-state index in [4.69, 9.17) is 4.74 Å². The molecule has 0 bridgehead atoms. The first-order valence-corrected chi connectivity index (χ1v) is 8.52. The zero-order chi connectivity index (χ0) is 18.5. The molecule has 134 valence electrons. The van der Waals surface area contributed by atoms with Crippen LogP contribution in [0.3, 0.4) is 0 Å². The minimum atomic E-state index is -0.309. The van der Waals surface area contributed by atoms with Crippen molar-refractivity contribution in [1.29, 1.82) is 0 Å². The number of benzene rings is 2. The maximum Gasteiger partial charge on any atom is 0.226 e. The largest absolute Gasteiger partial charge is 0.380 e. The number of amides is 2. The SMILES string of the molecule is COCc1cccc(NC(=O)C[C@@H]2c3ccccc3C=CN2C(C)=O)c1. The summed E-state index contributed by atoms with van der Waals surface area (Å²) in [6.45, 7) is 2.00. The highest BCUT2D eigenvalue weighted by Crippen LogP contribution is 2.33. The Morgan fingerprint density at radius 2 is 1.96 bits per heavy atom. The Labute approximate surface area is 153 Å². The van der Waals surface area contributed by atoms with Gasteiger partial charge in [0, 0.05) is 25.9 Å². The highest BCUT2D eigenvalue weighted by atomic mass is 16.5. The second kappa shape index (κ2) is 7.97. The van der Waals surface area contributed by atoms with Crippen LogP contribution in [0.25, 0.3) is 6.08 Å². The molecule has 1 aliphatic rings. The number of methoxy groups -OCH3 is 1. The van der Waals surface area contributed by atoms with Crippen LogP contribution in [0.1, 0.15) is 36.1 Å². The smallest absolute Gasteiger partial charge is 0.226 e. The number of rotatable bonds is 5. The summed E-state index contributed by atoms with van der Waals surface area (Å²) in [7, 11) is 1.63. The third-order valence-electron chi connectivity index (χ3n) is 4.37. The number of carbonyl (C=O) groups excluding carboxylic acids is 2. The number of anilines is 1. The molecule has 2 amide bonds. The van der Waals surface area contributed by atoms with E-state index in [0.717, 1.165) is 22.4 Å². The highest BCUT2D eigenvalue weighted by Gasteiger charge is 2.28. The highest BCUT2D eigenvalue weighted by molar-refractivity contribution is 5.92. The monoisotopic (exact) mass is 350 g/mol. The minimum Gasteiger partial charge on any atom is -0.380 e. The number of nitrogens with zero attached hydrogens (tertiary/aromatic N) is 1. The third kappa shape index (κ3) is 4.00. The number of hydrogen-bond acceptors (Lipinski definition) is 3. The summed E-state index contributed by atoms with van der Waals surface area (Å²) in [4.78, 5) is 26.2. The Balaban J connectivity index is 1.77. The van der Waals surface area contributed by atoms with Gasteiger partial charge in [-0.2, -0.15) is 0 Å². The first-order valence-electron chi connectivity index (χ1n) is 8.52. The van der Waals surface area contributed by atoms with Gasteiger partial charge in [-0.3, -0.25) is 9.59 Å². The van der Waals surface area contributed by atoms with E-state index in [9.17, 15) is 9.59 Å². The predicted octanol–water partition coefficient (Wildman–Crippen LogP) is 3.74. The Morgan fingerprint density at radius 1 is 1.15 bits per heavy atom. The molecule has 1 aliphatic heterocycles. The van der Waals surface area contributed by atoms with E-state index < -0.39 is 0 Å². The quantitative estimate of drug-likeness (QED) is 0.894. The molecule has 5 heteroatoms. The van der Waals surface area contributed by atoms with E-state index >= 15 is 0 Å². The maximum absolute atomic E-state index is 12.6. The van der Waals surface area contributed by atoms with Crippen LogP contribution in [-0.2, 0) is 20.9 Å². The molecule has 0 aromatic heterocycles. The van der Waals surface area contributed by atoms with Crippen molar-refractivity contribution in [3.05, 3.63) is 71.4 Å². The van der Waals surface area contributed by atoms with Crippen LogP contribution < -0.4 is 5.32 Å². The van der Waals surface area contributed by atoms with E-state index in [0.29, 0.717) is 6.61 Å². The van der Waals surface area contributed by atoms with E-state index in [1.807, 2.05) is 54.6 Å². The molecule has 1 heterocycles. The molecule has 26 heavy (non-hydrogen) atoms. The average molecular weight is 350 g/mol. The van der Waals surface area contributed by atoms with Gasteiger partial charge in [0.25, 0.3) is 0 Å². The molecule has 0 fully saturated rings. The van der Waals surface area contributed by atoms with Gasteiger partial charge in [0.15, 0.2) is 0 Å². The van der Waals surface area contributed by atoms with Gasteiger partial charge in [-0.25, -0.2) is 0 Å². The van der Waals surface area contributed by atoms with Crippen molar-refractivity contribution in [1.82, 2.24) is 4.90 Å². The predicted molar refractivity (Wildman–Crippen MR) is 101 cm³/mol. The molecule has 0 unspecified atom stereocenters. The lowest BCUT2D eigenvalue weighted by Gasteiger charge is -2.32. The number of carbonyl (C=O) groups is 2. The fourth-order valence-corrected chi connectivity index (χ4v) is 3.21. The van der Waals surface area contributed by atoms with Crippen LogP contribution in [-0.4, -0.2) is 23.8 Å². The molecule has 1 atom stereocenters. The molecule has 0 aliphatic carbocycles. The van der Waals surface area contributed by atoms with Crippen LogP contribution in [0.2, 0.25) is 0 Å². The summed E-state index contributed by atoms with van der Waals surface area (Å²) in [5.41, 5.74) is 3.72. The second-order valence-corrected chi connectivity index (χ2v) is 6.27. The molecule has 0 saturated carbocycles. The number of hydrogen-bond donors (Lipinski definition) is 1. The van der Waals surface area contributed by atoms with Crippen LogP contribution >= 0.6 is 0 Å². The van der Waals surface area contributed by atoms with Crippen molar-refractivity contribution >= 4 is 23.6 Å². The molecule has 0 saturated heterocycles. The standard InChI is InChI=1S/C21H22N2O3/c1-15(24)23-11-10-17-7-3-4-9-19(17)20(23)13-21(25)22-18-8-5-6-16(12-18)14-26-2/h3-12,20H,13-14H2,1-2H3,(H,22,25)/t20-/m1/s1. The van der Waals surface area contributed by atoms with E-state index in [-0.39, 0.29) is 24.3 Å². The normalized spacial score (nSPS) is 15.5. The molecule has 0 radical (unpaired) electrons. The number of ether oxygens (including phenoxy) is 1. The Hall–Kier alpha value is -2.92. The van der Waals surface area contributed by atoms with E-state index in [2.05, 4.69) is 5.32 Å². The molecule has 2 aromatic rings. The third-order valence-corrected chi connectivity index (χ3v) is 4.37. The molecule has 5 nitrogen and oxygen atoms in total. The van der Waals surface area contributed by atoms with Crippen molar-refractivity contribution < 1.29 is 14.3 Å². The van der Waals surface area contributed by atoms with Crippen LogP contribution in [0, 0.1) is 0 Å². The van der Waals surface area contributed by atoms with Crippen molar-refractivity contribution in [2.75, 3.05) is 12.4 Å².